The lowest BCUT2D eigenvalue weighted by molar-refractivity contribution is -0.118. The van der Waals surface area contributed by atoms with Crippen LogP contribution >= 0.6 is 11.6 Å². The van der Waals surface area contributed by atoms with Crippen molar-refractivity contribution in [3.63, 3.8) is 0 Å². The number of hydrogen-bond donors (Lipinski definition) is 2. The topological polar surface area (TPSA) is 63.2 Å². The van der Waals surface area contributed by atoms with Crippen LogP contribution in [0.5, 0.6) is 5.75 Å². The van der Waals surface area contributed by atoms with E-state index in [1.165, 1.54) is 0 Å². The fourth-order valence-electron chi connectivity index (χ4n) is 2.27. The van der Waals surface area contributed by atoms with Gasteiger partial charge in [-0.2, -0.15) is 0 Å². The molecule has 0 saturated heterocycles. The highest BCUT2D eigenvalue weighted by atomic mass is 35.5. The van der Waals surface area contributed by atoms with Crippen molar-refractivity contribution in [2.45, 2.75) is 6.92 Å². The molecule has 0 saturated carbocycles. The van der Waals surface area contributed by atoms with Gasteiger partial charge in [0.05, 0.1) is 11.9 Å². The third kappa shape index (κ3) is 4.97. The third-order valence-corrected chi connectivity index (χ3v) is 3.89. The Labute approximate surface area is 157 Å². The molecule has 3 aromatic rings. The van der Waals surface area contributed by atoms with Gasteiger partial charge >= 0.3 is 0 Å². The maximum atomic E-state index is 12.0. The number of aromatic nitrogens is 1. The van der Waals surface area contributed by atoms with E-state index in [9.17, 15) is 4.79 Å². The van der Waals surface area contributed by atoms with Crippen molar-refractivity contribution in [1.82, 2.24) is 4.98 Å². The lowest BCUT2D eigenvalue weighted by Gasteiger charge is -2.10. The van der Waals surface area contributed by atoms with Gasteiger partial charge in [0, 0.05) is 10.7 Å². The molecular weight excluding hydrogens is 350 g/mol. The first-order chi connectivity index (χ1) is 12.6. The first-order valence-corrected chi connectivity index (χ1v) is 8.45. The van der Waals surface area contributed by atoms with E-state index in [0.29, 0.717) is 22.3 Å². The molecule has 0 fully saturated rings. The number of anilines is 3. The van der Waals surface area contributed by atoms with Crippen LogP contribution in [0.3, 0.4) is 0 Å². The van der Waals surface area contributed by atoms with Gasteiger partial charge in [0.1, 0.15) is 11.6 Å². The lowest BCUT2D eigenvalue weighted by Crippen LogP contribution is -2.20. The van der Waals surface area contributed by atoms with Crippen molar-refractivity contribution >= 4 is 34.7 Å². The highest BCUT2D eigenvalue weighted by molar-refractivity contribution is 6.30. The van der Waals surface area contributed by atoms with E-state index in [1.807, 2.05) is 37.3 Å². The monoisotopic (exact) mass is 367 g/mol. The Morgan fingerprint density at radius 3 is 2.54 bits per heavy atom. The van der Waals surface area contributed by atoms with Gasteiger partial charge in [-0.25, -0.2) is 4.98 Å². The SMILES string of the molecule is Cc1ccccc1Nc1ccc(NC(=O)COc2ccc(Cl)cc2)cn1. The van der Waals surface area contributed by atoms with Crippen LogP contribution in [0.2, 0.25) is 5.02 Å². The average molecular weight is 368 g/mol. The molecular formula is C20H18ClN3O2. The first-order valence-electron chi connectivity index (χ1n) is 8.07. The third-order valence-electron chi connectivity index (χ3n) is 3.64. The zero-order chi connectivity index (χ0) is 18.4. The molecule has 26 heavy (non-hydrogen) atoms. The molecule has 0 bridgehead atoms. The second kappa shape index (κ2) is 8.36. The minimum Gasteiger partial charge on any atom is -0.484 e. The molecule has 5 nitrogen and oxygen atoms in total. The number of nitrogens with zero attached hydrogens (tertiary/aromatic N) is 1. The zero-order valence-electron chi connectivity index (χ0n) is 14.2. The molecule has 1 aromatic heterocycles. The van der Waals surface area contributed by atoms with E-state index in [4.69, 9.17) is 16.3 Å². The molecule has 6 heteroatoms. The standard InChI is InChI=1S/C20H18ClN3O2/c1-14-4-2-3-5-18(14)24-19-11-8-16(12-22-19)23-20(25)13-26-17-9-6-15(21)7-10-17/h2-12H,13H2,1H3,(H,22,24)(H,23,25). The molecule has 2 aromatic carbocycles. The number of benzene rings is 2. The highest BCUT2D eigenvalue weighted by Gasteiger charge is 2.05. The van der Waals surface area contributed by atoms with Gasteiger partial charge in [0.2, 0.25) is 0 Å². The van der Waals surface area contributed by atoms with Gasteiger partial charge < -0.3 is 15.4 Å². The van der Waals surface area contributed by atoms with Crippen molar-refractivity contribution in [2.24, 2.45) is 0 Å². The summed E-state index contributed by atoms with van der Waals surface area (Å²) in [5.74, 6) is 1.02. The highest BCUT2D eigenvalue weighted by Crippen LogP contribution is 2.19. The fourth-order valence-corrected chi connectivity index (χ4v) is 2.40. The summed E-state index contributed by atoms with van der Waals surface area (Å²) in [7, 11) is 0. The summed E-state index contributed by atoms with van der Waals surface area (Å²) >= 11 is 5.81. The number of para-hydroxylation sites is 1. The summed E-state index contributed by atoms with van der Waals surface area (Å²) in [6.07, 6.45) is 1.60. The number of halogens is 1. The molecule has 0 aliphatic rings. The van der Waals surface area contributed by atoms with Gasteiger partial charge in [0.25, 0.3) is 5.91 Å². The van der Waals surface area contributed by atoms with E-state index < -0.39 is 0 Å². The van der Waals surface area contributed by atoms with Crippen LogP contribution in [0.15, 0.2) is 66.9 Å². The number of ether oxygens (including phenoxy) is 1. The van der Waals surface area contributed by atoms with E-state index >= 15 is 0 Å². The molecule has 0 spiro atoms. The summed E-state index contributed by atoms with van der Waals surface area (Å²) in [4.78, 5) is 16.3. The van der Waals surface area contributed by atoms with Crippen LogP contribution in [-0.4, -0.2) is 17.5 Å². The Kier molecular flexibility index (Phi) is 5.71. The van der Waals surface area contributed by atoms with Crippen LogP contribution in [0.1, 0.15) is 5.56 Å². The van der Waals surface area contributed by atoms with Crippen molar-refractivity contribution in [1.29, 1.82) is 0 Å². The molecule has 132 valence electrons. The molecule has 0 radical (unpaired) electrons. The Morgan fingerprint density at radius 2 is 1.85 bits per heavy atom. The Balaban J connectivity index is 1.52. The zero-order valence-corrected chi connectivity index (χ0v) is 15.0. The molecule has 2 N–H and O–H groups in total. The predicted octanol–water partition coefficient (Wildman–Crippen LogP) is 4.80. The first kappa shape index (κ1) is 17.8. The molecule has 0 aliphatic heterocycles. The molecule has 0 atom stereocenters. The number of pyridine rings is 1. The van der Waals surface area contributed by atoms with Gasteiger partial charge in [-0.05, 0) is 55.0 Å². The van der Waals surface area contributed by atoms with E-state index in [1.54, 1.807) is 36.5 Å². The molecule has 0 aliphatic carbocycles. The number of hydrogen-bond acceptors (Lipinski definition) is 4. The minimum atomic E-state index is -0.263. The van der Waals surface area contributed by atoms with Gasteiger partial charge in [-0.15, -0.1) is 0 Å². The molecule has 3 rings (SSSR count). The quantitative estimate of drug-likeness (QED) is 0.656. The van der Waals surface area contributed by atoms with E-state index in [0.717, 1.165) is 11.3 Å². The van der Waals surface area contributed by atoms with Crippen molar-refractivity contribution in [3.8, 4) is 5.75 Å². The number of nitrogens with one attached hydrogen (secondary N) is 2. The lowest BCUT2D eigenvalue weighted by atomic mass is 10.2. The summed E-state index contributed by atoms with van der Waals surface area (Å²) in [6, 6.07) is 18.4. The van der Waals surface area contributed by atoms with Crippen LogP contribution < -0.4 is 15.4 Å². The van der Waals surface area contributed by atoms with Crippen LogP contribution in [0.4, 0.5) is 17.2 Å². The second-order valence-electron chi connectivity index (χ2n) is 5.66. The summed E-state index contributed by atoms with van der Waals surface area (Å²) in [6.45, 7) is 1.93. The molecule has 1 heterocycles. The maximum absolute atomic E-state index is 12.0. The summed E-state index contributed by atoms with van der Waals surface area (Å²) in [5, 5.41) is 6.61. The second-order valence-corrected chi connectivity index (χ2v) is 6.10. The summed E-state index contributed by atoms with van der Waals surface area (Å²) < 4.78 is 5.41. The molecule has 1 amide bonds. The van der Waals surface area contributed by atoms with Crippen LogP contribution in [0.25, 0.3) is 0 Å². The van der Waals surface area contributed by atoms with Crippen molar-refractivity contribution < 1.29 is 9.53 Å². The van der Waals surface area contributed by atoms with Gasteiger partial charge in [-0.1, -0.05) is 29.8 Å². The smallest absolute Gasteiger partial charge is 0.262 e. The predicted molar refractivity (Wildman–Crippen MR) is 104 cm³/mol. The average Bonchev–Trinajstić information content (AvgIpc) is 2.65. The Morgan fingerprint density at radius 1 is 1.08 bits per heavy atom. The van der Waals surface area contributed by atoms with Crippen LogP contribution in [-0.2, 0) is 4.79 Å². The number of carbonyl (C=O) groups excluding carboxylic acids is 1. The largest absolute Gasteiger partial charge is 0.484 e. The Bertz CT molecular complexity index is 880. The van der Waals surface area contributed by atoms with Crippen molar-refractivity contribution in [2.75, 3.05) is 17.2 Å². The van der Waals surface area contributed by atoms with E-state index in [-0.39, 0.29) is 12.5 Å². The number of amides is 1. The van der Waals surface area contributed by atoms with Gasteiger partial charge in [0.15, 0.2) is 6.61 Å². The number of aryl methyl sites for hydroxylation is 1. The summed E-state index contributed by atoms with van der Waals surface area (Å²) in [5.41, 5.74) is 2.73. The van der Waals surface area contributed by atoms with Crippen LogP contribution in [0, 0.1) is 6.92 Å². The number of carbonyl (C=O) groups is 1. The van der Waals surface area contributed by atoms with Gasteiger partial charge in [-0.3, -0.25) is 4.79 Å². The minimum absolute atomic E-state index is 0.0924. The van der Waals surface area contributed by atoms with E-state index in [2.05, 4.69) is 15.6 Å². The normalized spacial score (nSPS) is 10.2. The van der Waals surface area contributed by atoms with Crippen molar-refractivity contribution in [3.05, 3.63) is 77.4 Å². The Hall–Kier alpha value is -3.05. The number of rotatable bonds is 6. The maximum Gasteiger partial charge on any atom is 0.262 e. The molecule has 0 unspecified atom stereocenters. The fraction of sp³-hybridized carbons (Fsp3) is 0.100.